The molecule has 0 bridgehead atoms. The first kappa shape index (κ1) is 16.9. The van der Waals surface area contributed by atoms with E-state index in [2.05, 4.69) is 13.0 Å². The number of carbonyl (C=O) groups excluding carboxylic acids is 1. The fourth-order valence-electron chi connectivity index (χ4n) is 2.34. The standard InChI is InChI=1S/C19H23NO3/c1-4-14-7-5-6-8-15(14)12-22-17-9-16(19(20)21)10-18(11-17)23-13(2)3/h5-11,13H,4,12H2,1-3H3,(H2,20,21). The molecule has 0 aliphatic rings. The van der Waals surface area contributed by atoms with Crippen LogP contribution < -0.4 is 15.2 Å². The molecule has 122 valence electrons. The van der Waals surface area contributed by atoms with E-state index in [1.54, 1.807) is 18.2 Å². The van der Waals surface area contributed by atoms with Gasteiger partial charge in [0, 0.05) is 11.6 Å². The molecular formula is C19H23NO3. The van der Waals surface area contributed by atoms with Gasteiger partial charge in [-0.3, -0.25) is 4.79 Å². The van der Waals surface area contributed by atoms with Crippen LogP contribution in [0.5, 0.6) is 11.5 Å². The molecule has 2 rings (SSSR count). The Morgan fingerprint density at radius 3 is 2.35 bits per heavy atom. The average Bonchev–Trinajstić information content (AvgIpc) is 2.52. The number of carbonyl (C=O) groups is 1. The highest BCUT2D eigenvalue weighted by molar-refractivity contribution is 5.93. The van der Waals surface area contributed by atoms with Gasteiger partial charge in [0.25, 0.3) is 0 Å². The van der Waals surface area contributed by atoms with Crippen LogP contribution >= 0.6 is 0 Å². The number of hydrogen-bond donors (Lipinski definition) is 1. The van der Waals surface area contributed by atoms with E-state index < -0.39 is 5.91 Å². The smallest absolute Gasteiger partial charge is 0.248 e. The lowest BCUT2D eigenvalue weighted by atomic mass is 10.1. The lowest BCUT2D eigenvalue weighted by molar-refractivity contribution is 0.0999. The number of ether oxygens (including phenoxy) is 2. The molecule has 4 heteroatoms. The maximum absolute atomic E-state index is 11.5. The SMILES string of the molecule is CCc1ccccc1COc1cc(OC(C)C)cc(C(N)=O)c1. The molecule has 0 aliphatic carbocycles. The normalized spacial score (nSPS) is 10.6. The summed E-state index contributed by atoms with van der Waals surface area (Å²) in [5.74, 6) is 0.649. The van der Waals surface area contributed by atoms with E-state index in [4.69, 9.17) is 15.2 Å². The van der Waals surface area contributed by atoms with Gasteiger partial charge < -0.3 is 15.2 Å². The fourth-order valence-corrected chi connectivity index (χ4v) is 2.34. The second-order valence-electron chi connectivity index (χ2n) is 5.63. The van der Waals surface area contributed by atoms with Crippen LogP contribution in [0.15, 0.2) is 42.5 Å². The molecule has 0 unspecified atom stereocenters. The molecule has 2 aromatic rings. The highest BCUT2D eigenvalue weighted by atomic mass is 16.5. The molecule has 2 N–H and O–H groups in total. The van der Waals surface area contributed by atoms with Gasteiger partial charge in [-0.15, -0.1) is 0 Å². The minimum absolute atomic E-state index is 0.00629. The quantitative estimate of drug-likeness (QED) is 0.847. The lowest BCUT2D eigenvalue weighted by Gasteiger charge is -2.14. The molecule has 0 saturated heterocycles. The van der Waals surface area contributed by atoms with E-state index in [9.17, 15) is 4.79 Å². The van der Waals surface area contributed by atoms with Crippen molar-refractivity contribution in [3.05, 3.63) is 59.2 Å². The van der Waals surface area contributed by atoms with E-state index >= 15 is 0 Å². The topological polar surface area (TPSA) is 61.6 Å². The lowest BCUT2D eigenvalue weighted by Crippen LogP contribution is -2.12. The van der Waals surface area contributed by atoms with Gasteiger partial charge in [-0.05, 0) is 43.5 Å². The molecule has 0 aromatic heterocycles. The van der Waals surface area contributed by atoms with Crippen molar-refractivity contribution in [2.24, 2.45) is 5.73 Å². The van der Waals surface area contributed by atoms with Crippen molar-refractivity contribution in [1.82, 2.24) is 0 Å². The molecule has 0 spiro atoms. The predicted octanol–water partition coefficient (Wildman–Crippen LogP) is 3.71. The molecule has 4 nitrogen and oxygen atoms in total. The number of benzene rings is 2. The Balaban J connectivity index is 2.21. The Morgan fingerprint density at radius 1 is 1.09 bits per heavy atom. The summed E-state index contributed by atoms with van der Waals surface area (Å²) in [5.41, 5.74) is 8.14. The summed E-state index contributed by atoms with van der Waals surface area (Å²) in [5, 5.41) is 0. The number of nitrogens with two attached hydrogens (primary N) is 1. The van der Waals surface area contributed by atoms with Crippen LogP contribution in [0.25, 0.3) is 0 Å². The molecule has 23 heavy (non-hydrogen) atoms. The maximum Gasteiger partial charge on any atom is 0.248 e. The number of hydrogen-bond acceptors (Lipinski definition) is 3. The van der Waals surface area contributed by atoms with Crippen LogP contribution in [-0.4, -0.2) is 12.0 Å². The minimum Gasteiger partial charge on any atom is -0.491 e. The summed E-state index contributed by atoms with van der Waals surface area (Å²) in [6.07, 6.45) is 0.953. The molecule has 2 aromatic carbocycles. The summed E-state index contributed by atoms with van der Waals surface area (Å²) < 4.78 is 11.5. The predicted molar refractivity (Wildman–Crippen MR) is 90.9 cm³/mol. The van der Waals surface area contributed by atoms with Gasteiger partial charge in [0.15, 0.2) is 0 Å². The molecule has 0 saturated carbocycles. The highest BCUT2D eigenvalue weighted by Crippen LogP contribution is 2.25. The van der Waals surface area contributed by atoms with Crippen LogP contribution in [0.3, 0.4) is 0 Å². The average molecular weight is 313 g/mol. The Bertz CT molecular complexity index is 680. The van der Waals surface area contributed by atoms with E-state index in [-0.39, 0.29) is 6.10 Å². The molecule has 0 aliphatic heterocycles. The van der Waals surface area contributed by atoms with Crippen molar-refractivity contribution in [3.8, 4) is 11.5 Å². The Kier molecular flexibility index (Phi) is 5.63. The van der Waals surface area contributed by atoms with Crippen molar-refractivity contribution in [2.45, 2.75) is 39.9 Å². The monoisotopic (exact) mass is 313 g/mol. The molecule has 0 atom stereocenters. The summed E-state index contributed by atoms with van der Waals surface area (Å²) in [4.78, 5) is 11.5. The zero-order chi connectivity index (χ0) is 16.8. The largest absolute Gasteiger partial charge is 0.491 e. The van der Waals surface area contributed by atoms with E-state index in [1.807, 2.05) is 32.0 Å². The van der Waals surface area contributed by atoms with E-state index in [1.165, 1.54) is 5.56 Å². The number of rotatable bonds is 7. The number of aryl methyl sites for hydroxylation is 1. The Hall–Kier alpha value is -2.49. The zero-order valence-electron chi connectivity index (χ0n) is 13.8. The summed E-state index contributed by atoms with van der Waals surface area (Å²) in [7, 11) is 0. The van der Waals surface area contributed by atoms with Crippen LogP contribution in [-0.2, 0) is 13.0 Å². The van der Waals surface area contributed by atoms with Crippen molar-refractivity contribution >= 4 is 5.91 Å². The van der Waals surface area contributed by atoms with Crippen molar-refractivity contribution < 1.29 is 14.3 Å². The van der Waals surface area contributed by atoms with Gasteiger partial charge in [0.2, 0.25) is 5.91 Å². The summed E-state index contributed by atoms with van der Waals surface area (Å²) in [6.45, 7) is 6.40. The third kappa shape index (κ3) is 4.74. The number of primary amides is 1. The highest BCUT2D eigenvalue weighted by Gasteiger charge is 2.09. The molecular weight excluding hydrogens is 290 g/mol. The minimum atomic E-state index is -0.502. The van der Waals surface area contributed by atoms with Gasteiger partial charge in [-0.1, -0.05) is 31.2 Å². The Morgan fingerprint density at radius 2 is 1.74 bits per heavy atom. The molecule has 1 amide bonds. The zero-order valence-corrected chi connectivity index (χ0v) is 13.8. The number of amides is 1. The van der Waals surface area contributed by atoms with Crippen LogP contribution in [0.2, 0.25) is 0 Å². The van der Waals surface area contributed by atoms with E-state index in [0.29, 0.717) is 23.7 Å². The van der Waals surface area contributed by atoms with Crippen molar-refractivity contribution in [2.75, 3.05) is 0 Å². The molecule has 0 fully saturated rings. The van der Waals surface area contributed by atoms with Crippen LogP contribution in [0.1, 0.15) is 42.3 Å². The second kappa shape index (κ2) is 7.68. The van der Waals surface area contributed by atoms with Crippen LogP contribution in [0.4, 0.5) is 0 Å². The van der Waals surface area contributed by atoms with Crippen molar-refractivity contribution in [3.63, 3.8) is 0 Å². The third-order valence-corrected chi connectivity index (χ3v) is 3.43. The second-order valence-corrected chi connectivity index (χ2v) is 5.63. The van der Waals surface area contributed by atoms with Crippen molar-refractivity contribution in [1.29, 1.82) is 0 Å². The van der Waals surface area contributed by atoms with E-state index in [0.717, 1.165) is 12.0 Å². The summed E-state index contributed by atoms with van der Waals surface area (Å²) >= 11 is 0. The first-order chi connectivity index (χ1) is 11.0. The van der Waals surface area contributed by atoms with Gasteiger partial charge in [-0.2, -0.15) is 0 Å². The maximum atomic E-state index is 11.5. The van der Waals surface area contributed by atoms with Gasteiger partial charge in [0.1, 0.15) is 18.1 Å². The first-order valence-corrected chi connectivity index (χ1v) is 7.80. The van der Waals surface area contributed by atoms with Gasteiger partial charge in [-0.25, -0.2) is 0 Å². The summed E-state index contributed by atoms with van der Waals surface area (Å²) in [6, 6.07) is 13.2. The third-order valence-electron chi connectivity index (χ3n) is 3.43. The molecule has 0 heterocycles. The van der Waals surface area contributed by atoms with Crippen LogP contribution in [0, 0.1) is 0 Å². The fraction of sp³-hybridized carbons (Fsp3) is 0.316. The van der Waals surface area contributed by atoms with Gasteiger partial charge >= 0.3 is 0 Å². The Labute approximate surface area is 137 Å². The van der Waals surface area contributed by atoms with Gasteiger partial charge in [0.05, 0.1) is 6.10 Å². The molecule has 0 radical (unpaired) electrons. The first-order valence-electron chi connectivity index (χ1n) is 7.80.